The fourth-order valence-corrected chi connectivity index (χ4v) is 2.53. The van der Waals surface area contributed by atoms with Crippen LogP contribution in [-0.4, -0.2) is 29.5 Å². The number of aryl methyl sites for hydroxylation is 1. The summed E-state index contributed by atoms with van der Waals surface area (Å²) in [6.07, 6.45) is 1.17. The van der Waals surface area contributed by atoms with Crippen molar-refractivity contribution in [3.8, 4) is 0 Å². The van der Waals surface area contributed by atoms with E-state index in [-0.39, 0.29) is 12.5 Å². The highest BCUT2D eigenvalue weighted by Crippen LogP contribution is 2.21. The summed E-state index contributed by atoms with van der Waals surface area (Å²) in [5.41, 5.74) is 0.926. The number of hydrogen-bond donors (Lipinski definition) is 1. The van der Waals surface area contributed by atoms with E-state index in [1.54, 1.807) is 18.9 Å². The SMILES string of the molecule is CN(CC(C)(O)c1ccccc1)C(=O)CCc1ccccc1. The van der Waals surface area contributed by atoms with Gasteiger partial charge in [-0.1, -0.05) is 60.7 Å². The Labute approximate surface area is 132 Å². The lowest BCUT2D eigenvalue weighted by atomic mass is 9.95. The van der Waals surface area contributed by atoms with Gasteiger partial charge in [0.25, 0.3) is 0 Å². The van der Waals surface area contributed by atoms with Crippen molar-refractivity contribution >= 4 is 5.91 Å². The van der Waals surface area contributed by atoms with Gasteiger partial charge in [-0.2, -0.15) is 0 Å². The molecule has 116 valence electrons. The second-order valence-corrected chi connectivity index (χ2v) is 5.88. The molecule has 1 atom stereocenters. The van der Waals surface area contributed by atoms with Crippen molar-refractivity contribution in [1.82, 2.24) is 4.90 Å². The van der Waals surface area contributed by atoms with Crippen LogP contribution in [0.5, 0.6) is 0 Å². The minimum Gasteiger partial charge on any atom is -0.384 e. The van der Waals surface area contributed by atoms with Crippen LogP contribution < -0.4 is 0 Å². The van der Waals surface area contributed by atoms with Crippen molar-refractivity contribution in [2.75, 3.05) is 13.6 Å². The molecule has 2 rings (SSSR count). The number of carbonyl (C=O) groups excluding carboxylic acids is 1. The number of hydrogen-bond acceptors (Lipinski definition) is 2. The molecule has 2 aromatic rings. The summed E-state index contributed by atoms with van der Waals surface area (Å²) in [5.74, 6) is 0.0417. The molecule has 0 saturated carbocycles. The first kappa shape index (κ1) is 16.2. The summed E-state index contributed by atoms with van der Waals surface area (Å²) in [7, 11) is 1.74. The third kappa shape index (κ3) is 4.43. The molecule has 1 amide bonds. The predicted octanol–water partition coefficient (Wildman–Crippen LogP) is 2.99. The van der Waals surface area contributed by atoms with Gasteiger partial charge in [0, 0.05) is 13.5 Å². The van der Waals surface area contributed by atoms with E-state index >= 15 is 0 Å². The number of amides is 1. The van der Waals surface area contributed by atoms with E-state index in [2.05, 4.69) is 0 Å². The summed E-state index contributed by atoms with van der Waals surface area (Å²) in [5, 5.41) is 10.6. The van der Waals surface area contributed by atoms with Gasteiger partial charge >= 0.3 is 0 Å². The van der Waals surface area contributed by atoms with E-state index in [1.165, 1.54) is 0 Å². The Morgan fingerprint density at radius 2 is 1.59 bits per heavy atom. The Hall–Kier alpha value is -2.13. The lowest BCUT2D eigenvalue weighted by Gasteiger charge is -2.29. The van der Waals surface area contributed by atoms with Crippen LogP contribution in [0.25, 0.3) is 0 Å². The van der Waals surface area contributed by atoms with Crippen molar-refractivity contribution in [1.29, 1.82) is 0 Å². The minimum absolute atomic E-state index is 0.0417. The predicted molar refractivity (Wildman–Crippen MR) is 88.4 cm³/mol. The van der Waals surface area contributed by atoms with E-state index in [1.807, 2.05) is 60.7 Å². The molecular formula is C19H23NO2. The Bertz CT molecular complexity index is 593. The van der Waals surface area contributed by atoms with E-state index in [9.17, 15) is 9.90 Å². The van der Waals surface area contributed by atoms with Crippen molar-refractivity contribution in [3.05, 3.63) is 71.8 Å². The van der Waals surface area contributed by atoms with Crippen LogP contribution in [-0.2, 0) is 16.8 Å². The van der Waals surface area contributed by atoms with Gasteiger partial charge in [-0.3, -0.25) is 4.79 Å². The topological polar surface area (TPSA) is 40.5 Å². The molecule has 0 heterocycles. The number of rotatable bonds is 6. The smallest absolute Gasteiger partial charge is 0.222 e. The van der Waals surface area contributed by atoms with Crippen molar-refractivity contribution in [2.24, 2.45) is 0 Å². The first-order valence-corrected chi connectivity index (χ1v) is 7.55. The Balaban J connectivity index is 1.91. The van der Waals surface area contributed by atoms with Gasteiger partial charge in [0.15, 0.2) is 0 Å². The van der Waals surface area contributed by atoms with Gasteiger partial charge in [0.05, 0.1) is 6.54 Å². The van der Waals surface area contributed by atoms with Gasteiger partial charge in [-0.25, -0.2) is 0 Å². The molecule has 22 heavy (non-hydrogen) atoms. The van der Waals surface area contributed by atoms with Gasteiger partial charge in [0.1, 0.15) is 5.60 Å². The Morgan fingerprint density at radius 3 is 2.18 bits per heavy atom. The third-order valence-corrected chi connectivity index (χ3v) is 3.84. The van der Waals surface area contributed by atoms with Crippen LogP contribution in [0.15, 0.2) is 60.7 Å². The molecule has 0 fully saturated rings. The number of likely N-dealkylation sites (N-methyl/N-ethyl adjacent to an activating group) is 1. The van der Waals surface area contributed by atoms with Crippen molar-refractivity contribution < 1.29 is 9.90 Å². The quantitative estimate of drug-likeness (QED) is 0.890. The Kier molecular flexibility index (Phi) is 5.34. The fourth-order valence-electron chi connectivity index (χ4n) is 2.53. The molecule has 0 radical (unpaired) electrons. The average molecular weight is 297 g/mol. The zero-order valence-corrected chi connectivity index (χ0v) is 13.2. The second kappa shape index (κ2) is 7.23. The third-order valence-electron chi connectivity index (χ3n) is 3.84. The molecule has 0 saturated heterocycles. The molecule has 0 aliphatic carbocycles. The van der Waals surface area contributed by atoms with E-state index in [0.717, 1.165) is 17.5 Å². The molecule has 0 spiro atoms. The normalized spacial score (nSPS) is 13.4. The molecule has 3 nitrogen and oxygen atoms in total. The fraction of sp³-hybridized carbons (Fsp3) is 0.316. The summed E-state index contributed by atoms with van der Waals surface area (Å²) in [4.78, 5) is 13.8. The monoisotopic (exact) mass is 297 g/mol. The average Bonchev–Trinajstić information content (AvgIpc) is 2.54. The standard InChI is InChI=1S/C19H23NO2/c1-19(22,17-11-7-4-8-12-17)15-20(2)18(21)14-13-16-9-5-3-6-10-16/h3-12,22H,13-15H2,1-2H3. The largest absolute Gasteiger partial charge is 0.384 e. The molecule has 1 N–H and O–H groups in total. The van der Waals surface area contributed by atoms with Gasteiger partial charge in [0.2, 0.25) is 5.91 Å². The van der Waals surface area contributed by atoms with Crippen LogP contribution in [0.3, 0.4) is 0 Å². The summed E-state index contributed by atoms with van der Waals surface area (Å²) in [6, 6.07) is 19.4. The number of benzene rings is 2. The lowest BCUT2D eigenvalue weighted by Crippen LogP contribution is -2.40. The summed E-state index contributed by atoms with van der Waals surface area (Å²) >= 11 is 0. The minimum atomic E-state index is -1.04. The van der Waals surface area contributed by atoms with Crippen LogP contribution in [0.2, 0.25) is 0 Å². The molecule has 0 aromatic heterocycles. The molecule has 0 aliphatic heterocycles. The zero-order chi connectivity index (χ0) is 16.0. The maximum absolute atomic E-state index is 12.2. The van der Waals surface area contributed by atoms with E-state index in [0.29, 0.717) is 6.42 Å². The molecular weight excluding hydrogens is 274 g/mol. The molecule has 1 unspecified atom stereocenters. The van der Waals surface area contributed by atoms with Crippen LogP contribution in [0, 0.1) is 0 Å². The van der Waals surface area contributed by atoms with Crippen molar-refractivity contribution in [2.45, 2.75) is 25.4 Å². The zero-order valence-electron chi connectivity index (χ0n) is 13.2. The molecule has 3 heteroatoms. The van der Waals surface area contributed by atoms with Crippen LogP contribution >= 0.6 is 0 Å². The molecule has 2 aromatic carbocycles. The molecule has 0 aliphatic rings. The first-order valence-electron chi connectivity index (χ1n) is 7.55. The van der Waals surface area contributed by atoms with Crippen molar-refractivity contribution in [3.63, 3.8) is 0 Å². The highest BCUT2D eigenvalue weighted by molar-refractivity contribution is 5.76. The first-order chi connectivity index (χ1) is 10.5. The lowest BCUT2D eigenvalue weighted by molar-refractivity contribution is -0.133. The van der Waals surface area contributed by atoms with Gasteiger partial charge in [-0.15, -0.1) is 0 Å². The highest BCUT2D eigenvalue weighted by Gasteiger charge is 2.26. The summed E-state index contributed by atoms with van der Waals surface area (Å²) in [6.45, 7) is 2.02. The highest BCUT2D eigenvalue weighted by atomic mass is 16.3. The van der Waals surface area contributed by atoms with Crippen LogP contribution in [0.1, 0.15) is 24.5 Å². The summed E-state index contributed by atoms with van der Waals surface area (Å²) < 4.78 is 0. The van der Waals surface area contributed by atoms with Gasteiger partial charge < -0.3 is 10.0 Å². The second-order valence-electron chi connectivity index (χ2n) is 5.88. The Morgan fingerprint density at radius 1 is 1.05 bits per heavy atom. The van der Waals surface area contributed by atoms with E-state index in [4.69, 9.17) is 0 Å². The number of nitrogens with zero attached hydrogens (tertiary/aromatic N) is 1. The number of carbonyl (C=O) groups is 1. The maximum atomic E-state index is 12.2. The maximum Gasteiger partial charge on any atom is 0.222 e. The van der Waals surface area contributed by atoms with Crippen LogP contribution in [0.4, 0.5) is 0 Å². The van der Waals surface area contributed by atoms with Gasteiger partial charge in [-0.05, 0) is 24.5 Å². The van der Waals surface area contributed by atoms with E-state index < -0.39 is 5.60 Å². The molecule has 0 bridgehead atoms. The number of aliphatic hydroxyl groups is 1.